The fraction of sp³-hybridized carbons (Fsp3) is 0. The highest BCUT2D eigenvalue weighted by Crippen LogP contribution is 2.35. The highest BCUT2D eigenvalue weighted by atomic mass is 79.9. The maximum Gasteiger partial charge on any atom is 0.332 e. The first-order valence-electron chi connectivity index (χ1n) is 4.90. The molecule has 0 fully saturated rings. The standard InChI is InChI=1S/C11H5BrCl2N2O3/c12-6-1-2-8(14)10(3-6)19-11-9(16(17)18)4-7(13)5-15-11/h1-5H. The summed E-state index contributed by atoms with van der Waals surface area (Å²) in [4.78, 5) is 14.1. The average Bonchev–Trinajstić information content (AvgIpc) is 2.35. The summed E-state index contributed by atoms with van der Waals surface area (Å²) < 4.78 is 6.09. The Hall–Kier alpha value is -1.37. The molecular weight excluding hydrogens is 359 g/mol. The summed E-state index contributed by atoms with van der Waals surface area (Å²) in [7, 11) is 0. The lowest BCUT2D eigenvalue weighted by molar-refractivity contribution is -0.386. The van der Waals surface area contributed by atoms with Gasteiger partial charge in [-0.1, -0.05) is 39.1 Å². The van der Waals surface area contributed by atoms with Crippen molar-refractivity contribution in [2.75, 3.05) is 0 Å². The molecule has 1 aromatic heterocycles. The van der Waals surface area contributed by atoms with Crippen molar-refractivity contribution in [2.24, 2.45) is 0 Å². The number of aromatic nitrogens is 1. The van der Waals surface area contributed by atoms with Gasteiger partial charge in [-0.05, 0) is 18.2 Å². The van der Waals surface area contributed by atoms with Crippen LogP contribution in [0.1, 0.15) is 0 Å². The Balaban J connectivity index is 2.43. The molecule has 0 radical (unpaired) electrons. The van der Waals surface area contributed by atoms with E-state index in [1.807, 2.05) is 0 Å². The first kappa shape index (κ1) is 14.0. The maximum absolute atomic E-state index is 10.9. The van der Waals surface area contributed by atoms with E-state index in [9.17, 15) is 10.1 Å². The van der Waals surface area contributed by atoms with Crippen molar-refractivity contribution in [1.82, 2.24) is 4.98 Å². The van der Waals surface area contributed by atoms with Gasteiger partial charge in [0.15, 0.2) is 0 Å². The molecule has 0 saturated carbocycles. The third-order valence-electron chi connectivity index (χ3n) is 2.10. The minimum absolute atomic E-state index is 0.152. The smallest absolute Gasteiger partial charge is 0.332 e. The van der Waals surface area contributed by atoms with Crippen LogP contribution in [0.25, 0.3) is 0 Å². The minimum Gasteiger partial charge on any atom is -0.432 e. The first-order valence-corrected chi connectivity index (χ1v) is 6.45. The van der Waals surface area contributed by atoms with Crippen LogP contribution >= 0.6 is 39.1 Å². The number of nitro groups is 1. The van der Waals surface area contributed by atoms with Crippen LogP contribution in [0, 0.1) is 10.1 Å². The molecule has 0 unspecified atom stereocenters. The van der Waals surface area contributed by atoms with E-state index < -0.39 is 4.92 Å². The molecule has 0 amide bonds. The lowest BCUT2D eigenvalue weighted by Gasteiger charge is -2.07. The number of nitrogens with zero attached hydrogens (tertiary/aromatic N) is 2. The molecule has 0 bridgehead atoms. The molecule has 19 heavy (non-hydrogen) atoms. The number of hydrogen-bond acceptors (Lipinski definition) is 4. The zero-order valence-corrected chi connectivity index (χ0v) is 12.2. The molecule has 2 rings (SSSR count). The average molecular weight is 364 g/mol. The monoisotopic (exact) mass is 362 g/mol. The Morgan fingerprint density at radius 2 is 2.05 bits per heavy atom. The summed E-state index contributed by atoms with van der Waals surface area (Å²) in [5.41, 5.74) is -0.330. The summed E-state index contributed by atoms with van der Waals surface area (Å²) >= 11 is 14.9. The summed E-state index contributed by atoms with van der Waals surface area (Å²) in [6.07, 6.45) is 1.26. The zero-order chi connectivity index (χ0) is 14.0. The van der Waals surface area contributed by atoms with Crippen LogP contribution in [0.3, 0.4) is 0 Å². The zero-order valence-electron chi connectivity index (χ0n) is 9.14. The predicted octanol–water partition coefficient (Wildman–Crippen LogP) is 4.85. The van der Waals surface area contributed by atoms with Crippen LogP contribution in [0.5, 0.6) is 11.6 Å². The Morgan fingerprint density at radius 3 is 2.74 bits per heavy atom. The van der Waals surface area contributed by atoms with Gasteiger partial charge in [0.1, 0.15) is 5.75 Å². The Labute approximate surface area is 126 Å². The topological polar surface area (TPSA) is 65.3 Å². The summed E-state index contributed by atoms with van der Waals surface area (Å²) in [6, 6.07) is 6.07. The second-order valence-electron chi connectivity index (χ2n) is 3.41. The molecule has 0 N–H and O–H groups in total. The van der Waals surface area contributed by atoms with E-state index in [0.717, 1.165) is 10.5 Å². The van der Waals surface area contributed by atoms with E-state index in [-0.39, 0.29) is 22.3 Å². The van der Waals surface area contributed by atoms with Crippen LogP contribution in [-0.4, -0.2) is 9.91 Å². The molecule has 2 aromatic rings. The van der Waals surface area contributed by atoms with Gasteiger partial charge >= 0.3 is 5.69 Å². The first-order chi connectivity index (χ1) is 8.97. The third-order valence-corrected chi connectivity index (χ3v) is 3.11. The van der Waals surface area contributed by atoms with Gasteiger partial charge in [-0.2, -0.15) is 0 Å². The molecule has 1 aromatic carbocycles. The van der Waals surface area contributed by atoms with Crippen LogP contribution < -0.4 is 4.74 Å². The van der Waals surface area contributed by atoms with Gasteiger partial charge in [0.05, 0.1) is 21.2 Å². The van der Waals surface area contributed by atoms with Crippen molar-refractivity contribution in [3.8, 4) is 11.6 Å². The van der Waals surface area contributed by atoms with E-state index in [2.05, 4.69) is 20.9 Å². The molecule has 1 heterocycles. The number of rotatable bonds is 3. The second kappa shape index (κ2) is 5.73. The summed E-state index contributed by atoms with van der Waals surface area (Å²) in [5, 5.41) is 11.4. The Bertz CT molecular complexity index is 652. The quantitative estimate of drug-likeness (QED) is 0.577. The van der Waals surface area contributed by atoms with Gasteiger partial charge in [0.2, 0.25) is 0 Å². The van der Waals surface area contributed by atoms with Crippen LogP contribution in [0.15, 0.2) is 34.9 Å². The number of halogens is 3. The summed E-state index contributed by atoms with van der Waals surface area (Å²) in [5.74, 6) is 0.0864. The molecular formula is C11H5BrCl2N2O3. The molecule has 0 spiro atoms. The van der Waals surface area contributed by atoms with Crippen molar-refractivity contribution in [3.05, 3.63) is 55.1 Å². The van der Waals surface area contributed by atoms with Gasteiger partial charge in [-0.15, -0.1) is 0 Å². The van der Waals surface area contributed by atoms with Crippen LogP contribution in [0.4, 0.5) is 5.69 Å². The van der Waals surface area contributed by atoms with Gasteiger partial charge in [-0.25, -0.2) is 4.98 Å². The molecule has 0 atom stereocenters. The molecule has 0 aliphatic heterocycles. The van der Waals surface area contributed by atoms with Crippen molar-refractivity contribution in [1.29, 1.82) is 0 Å². The van der Waals surface area contributed by atoms with Gasteiger partial charge in [0.25, 0.3) is 5.88 Å². The van der Waals surface area contributed by atoms with Crippen LogP contribution in [-0.2, 0) is 0 Å². The van der Waals surface area contributed by atoms with Crippen molar-refractivity contribution >= 4 is 44.8 Å². The number of ether oxygens (including phenoxy) is 1. The normalized spacial score (nSPS) is 10.3. The summed E-state index contributed by atoms with van der Waals surface area (Å²) in [6.45, 7) is 0. The maximum atomic E-state index is 10.9. The Morgan fingerprint density at radius 1 is 1.32 bits per heavy atom. The van der Waals surface area contributed by atoms with E-state index in [0.29, 0.717) is 5.02 Å². The lowest BCUT2D eigenvalue weighted by Crippen LogP contribution is -1.96. The van der Waals surface area contributed by atoms with E-state index in [1.54, 1.807) is 18.2 Å². The van der Waals surface area contributed by atoms with E-state index in [4.69, 9.17) is 27.9 Å². The fourth-order valence-corrected chi connectivity index (χ4v) is 1.93. The van der Waals surface area contributed by atoms with Gasteiger partial charge < -0.3 is 4.74 Å². The number of benzene rings is 1. The molecule has 0 saturated heterocycles. The SMILES string of the molecule is O=[N+]([O-])c1cc(Cl)cnc1Oc1cc(Br)ccc1Cl. The largest absolute Gasteiger partial charge is 0.432 e. The highest BCUT2D eigenvalue weighted by molar-refractivity contribution is 9.10. The fourth-order valence-electron chi connectivity index (χ4n) is 1.29. The van der Waals surface area contributed by atoms with Gasteiger partial charge in [-0.3, -0.25) is 10.1 Å². The minimum atomic E-state index is -0.625. The molecule has 8 heteroatoms. The Kier molecular flexibility index (Phi) is 4.24. The van der Waals surface area contributed by atoms with Crippen molar-refractivity contribution in [3.63, 3.8) is 0 Å². The van der Waals surface area contributed by atoms with E-state index in [1.165, 1.54) is 6.20 Å². The van der Waals surface area contributed by atoms with Crippen LogP contribution in [0.2, 0.25) is 10.0 Å². The lowest BCUT2D eigenvalue weighted by atomic mass is 10.3. The third kappa shape index (κ3) is 3.34. The molecule has 98 valence electrons. The highest BCUT2D eigenvalue weighted by Gasteiger charge is 2.19. The van der Waals surface area contributed by atoms with Crippen molar-refractivity contribution in [2.45, 2.75) is 0 Å². The second-order valence-corrected chi connectivity index (χ2v) is 5.17. The molecule has 0 aliphatic rings. The molecule has 5 nitrogen and oxygen atoms in total. The van der Waals surface area contributed by atoms with Crippen molar-refractivity contribution < 1.29 is 9.66 Å². The number of hydrogen-bond donors (Lipinski definition) is 0. The predicted molar refractivity (Wildman–Crippen MR) is 75.1 cm³/mol. The van der Waals surface area contributed by atoms with E-state index >= 15 is 0 Å². The number of pyridine rings is 1. The van der Waals surface area contributed by atoms with Gasteiger partial charge in [0, 0.05) is 10.5 Å². The molecule has 0 aliphatic carbocycles.